The molecule has 0 heterocycles. The van der Waals surface area contributed by atoms with E-state index in [-0.39, 0.29) is 30.0 Å². The minimum atomic E-state index is -0.337. The number of hydrogen-bond donors (Lipinski definition) is 2. The van der Waals surface area contributed by atoms with Crippen LogP contribution in [0, 0.1) is 11.7 Å². The lowest BCUT2D eigenvalue weighted by atomic mass is 9.95. The number of anilines is 1. The van der Waals surface area contributed by atoms with Crippen molar-refractivity contribution < 1.29 is 14.0 Å². The second kappa shape index (κ2) is 8.65. The van der Waals surface area contributed by atoms with Gasteiger partial charge in [-0.3, -0.25) is 9.59 Å². The number of nitrogens with one attached hydrogen (secondary N) is 2. The van der Waals surface area contributed by atoms with Gasteiger partial charge in [-0.05, 0) is 43.0 Å². The molecule has 1 aliphatic carbocycles. The predicted molar refractivity (Wildman–Crippen MR) is 88.4 cm³/mol. The third kappa shape index (κ3) is 6.38. The summed E-state index contributed by atoms with van der Waals surface area (Å²) in [6.07, 6.45) is 6.37. The van der Waals surface area contributed by atoms with E-state index >= 15 is 0 Å². The van der Waals surface area contributed by atoms with Gasteiger partial charge in [0.25, 0.3) is 0 Å². The maximum atomic E-state index is 12.8. The number of amides is 2. The van der Waals surface area contributed by atoms with Crippen molar-refractivity contribution in [1.82, 2.24) is 5.32 Å². The largest absolute Gasteiger partial charge is 0.353 e. The lowest BCUT2D eigenvalue weighted by molar-refractivity contribution is -0.123. The summed E-state index contributed by atoms with van der Waals surface area (Å²) in [4.78, 5) is 24.0. The van der Waals surface area contributed by atoms with Gasteiger partial charge in [-0.1, -0.05) is 26.2 Å². The van der Waals surface area contributed by atoms with Gasteiger partial charge < -0.3 is 10.6 Å². The second-order valence-electron chi connectivity index (χ2n) is 6.47. The van der Waals surface area contributed by atoms with Gasteiger partial charge >= 0.3 is 0 Å². The van der Waals surface area contributed by atoms with Crippen LogP contribution in [0.3, 0.4) is 0 Å². The number of carbonyl (C=O) groups excluding carboxylic acids is 2. The number of hydrogen-bond acceptors (Lipinski definition) is 2. The fourth-order valence-corrected chi connectivity index (χ4v) is 2.98. The summed E-state index contributed by atoms with van der Waals surface area (Å²) in [6.45, 7) is 1.89. The van der Waals surface area contributed by atoms with Crippen molar-refractivity contribution >= 4 is 17.5 Å². The highest BCUT2D eigenvalue weighted by molar-refractivity contribution is 5.91. The molecular weight excluding hydrogens is 295 g/mol. The number of rotatable bonds is 6. The summed E-state index contributed by atoms with van der Waals surface area (Å²) in [5, 5.41) is 5.78. The zero-order chi connectivity index (χ0) is 16.7. The molecule has 0 bridgehead atoms. The molecule has 126 valence electrons. The molecule has 23 heavy (non-hydrogen) atoms. The first-order valence-electron chi connectivity index (χ1n) is 8.37. The van der Waals surface area contributed by atoms with E-state index in [2.05, 4.69) is 10.6 Å². The number of halogens is 1. The minimum Gasteiger partial charge on any atom is -0.353 e. The number of benzene rings is 1. The van der Waals surface area contributed by atoms with Gasteiger partial charge in [0, 0.05) is 24.6 Å². The van der Waals surface area contributed by atoms with E-state index in [1.807, 2.05) is 6.92 Å². The van der Waals surface area contributed by atoms with Crippen LogP contribution in [-0.2, 0) is 9.59 Å². The summed E-state index contributed by atoms with van der Waals surface area (Å²) >= 11 is 0. The van der Waals surface area contributed by atoms with E-state index in [1.165, 1.54) is 43.5 Å². The average molecular weight is 320 g/mol. The van der Waals surface area contributed by atoms with Gasteiger partial charge in [-0.15, -0.1) is 0 Å². The van der Waals surface area contributed by atoms with E-state index < -0.39 is 0 Å². The molecule has 0 aliphatic heterocycles. The van der Waals surface area contributed by atoms with E-state index in [4.69, 9.17) is 0 Å². The molecule has 2 rings (SSSR count). The lowest BCUT2D eigenvalue weighted by Crippen LogP contribution is -2.37. The molecule has 5 heteroatoms. The zero-order valence-corrected chi connectivity index (χ0v) is 13.6. The monoisotopic (exact) mass is 320 g/mol. The van der Waals surface area contributed by atoms with Crippen molar-refractivity contribution in [2.75, 3.05) is 5.32 Å². The smallest absolute Gasteiger partial charge is 0.224 e. The fraction of sp³-hybridized carbons (Fsp3) is 0.556. The second-order valence-corrected chi connectivity index (χ2v) is 6.47. The Morgan fingerprint density at radius 3 is 2.35 bits per heavy atom. The first-order chi connectivity index (χ1) is 11.0. The van der Waals surface area contributed by atoms with Crippen molar-refractivity contribution in [3.8, 4) is 0 Å². The summed E-state index contributed by atoms with van der Waals surface area (Å²) in [7, 11) is 0. The third-order valence-corrected chi connectivity index (χ3v) is 4.17. The van der Waals surface area contributed by atoms with Crippen LogP contribution in [0.15, 0.2) is 24.3 Å². The summed E-state index contributed by atoms with van der Waals surface area (Å²) in [6, 6.07) is 5.95. The fourth-order valence-electron chi connectivity index (χ4n) is 2.98. The maximum absolute atomic E-state index is 12.8. The molecule has 2 N–H and O–H groups in total. The normalized spacial score (nSPS) is 16.6. The van der Waals surface area contributed by atoms with Crippen molar-refractivity contribution in [3.05, 3.63) is 30.1 Å². The van der Waals surface area contributed by atoms with Crippen LogP contribution < -0.4 is 10.6 Å². The molecule has 1 aromatic rings. The standard InChI is InChI=1S/C18H25FN2O2/c1-13(11-17(22)20-15-5-3-2-4-6-15)12-18(23)21-16-9-7-14(19)8-10-16/h7-10,13,15H,2-6,11-12H2,1H3,(H,20,22)(H,21,23)/t13-/m0/s1. The molecule has 0 radical (unpaired) electrons. The van der Waals surface area contributed by atoms with Crippen LogP contribution >= 0.6 is 0 Å². The Morgan fingerprint density at radius 1 is 1.09 bits per heavy atom. The highest BCUT2D eigenvalue weighted by atomic mass is 19.1. The van der Waals surface area contributed by atoms with Crippen molar-refractivity contribution in [2.24, 2.45) is 5.92 Å². The molecular formula is C18H25FN2O2. The maximum Gasteiger partial charge on any atom is 0.224 e. The van der Waals surface area contributed by atoms with E-state index in [1.54, 1.807) is 0 Å². The Morgan fingerprint density at radius 2 is 1.70 bits per heavy atom. The first-order valence-corrected chi connectivity index (χ1v) is 8.37. The van der Waals surface area contributed by atoms with Gasteiger partial charge in [0.1, 0.15) is 5.82 Å². The van der Waals surface area contributed by atoms with Crippen molar-refractivity contribution in [1.29, 1.82) is 0 Å². The van der Waals surface area contributed by atoms with Gasteiger partial charge in [-0.25, -0.2) is 4.39 Å². The molecule has 1 aliphatic rings. The Balaban J connectivity index is 1.70. The summed E-state index contributed by atoms with van der Waals surface area (Å²) in [5.41, 5.74) is 0.565. The minimum absolute atomic E-state index is 0.0268. The van der Waals surface area contributed by atoms with Crippen LogP contribution in [0.25, 0.3) is 0 Å². The number of carbonyl (C=O) groups is 2. The highest BCUT2D eigenvalue weighted by Crippen LogP contribution is 2.18. The average Bonchev–Trinajstić information content (AvgIpc) is 2.50. The zero-order valence-electron chi connectivity index (χ0n) is 13.6. The van der Waals surface area contributed by atoms with Crippen LogP contribution in [0.2, 0.25) is 0 Å². The predicted octanol–water partition coefficient (Wildman–Crippen LogP) is 3.63. The van der Waals surface area contributed by atoms with Crippen LogP contribution in [0.5, 0.6) is 0 Å². The highest BCUT2D eigenvalue weighted by Gasteiger charge is 2.18. The van der Waals surface area contributed by atoms with Crippen LogP contribution in [0.4, 0.5) is 10.1 Å². The lowest BCUT2D eigenvalue weighted by Gasteiger charge is -2.23. The Kier molecular flexibility index (Phi) is 6.56. The molecule has 1 fully saturated rings. The molecule has 0 saturated heterocycles. The molecule has 0 spiro atoms. The Bertz CT molecular complexity index is 524. The molecule has 1 aromatic carbocycles. The van der Waals surface area contributed by atoms with Crippen LogP contribution in [-0.4, -0.2) is 17.9 Å². The Labute approximate surface area is 136 Å². The molecule has 4 nitrogen and oxygen atoms in total. The van der Waals surface area contributed by atoms with Gasteiger partial charge in [0.05, 0.1) is 0 Å². The molecule has 2 amide bonds. The first kappa shape index (κ1) is 17.4. The topological polar surface area (TPSA) is 58.2 Å². The quantitative estimate of drug-likeness (QED) is 0.841. The molecule has 0 unspecified atom stereocenters. The third-order valence-electron chi connectivity index (χ3n) is 4.17. The van der Waals surface area contributed by atoms with Gasteiger partial charge in [0.2, 0.25) is 11.8 Å². The van der Waals surface area contributed by atoms with Gasteiger partial charge in [-0.2, -0.15) is 0 Å². The summed E-state index contributed by atoms with van der Waals surface area (Å²) in [5.74, 6) is -0.497. The molecule has 1 atom stereocenters. The van der Waals surface area contributed by atoms with E-state index in [0.29, 0.717) is 18.2 Å². The Hall–Kier alpha value is -1.91. The molecule has 0 aromatic heterocycles. The van der Waals surface area contributed by atoms with E-state index in [9.17, 15) is 14.0 Å². The van der Waals surface area contributed by atoms with Crippen LogP contribution in [0.1, 0.15) is 51.9 Å². The van der Waals surface area contributed by atoms with Crippen molar-refractivity contribution in [2.45, 2.75) is 57.9 Å². The molecule has 1 saturated carbocycles. The van der Waals surface area contributed by atoms with Gasteiger partial charge in [0.15, 0.2) is 0 Å². The summed E-state index contributed by atoms with van der Waals surface area (Å²) < 4.78 is 12.8. The van der Waals surface area contributed by atoms with Crippen molar-refractivity contribution in [3.63, 3.8) is 0 Å². The van der Waals surface area contributed by atoms with E-state index in [0.717, 1.165) is 12.8 Å². The SMILES string of the molecule is C[C@H](CC(=O)Nc1ccc(F)cc1)CC(=O)NC1CCCCC1.